The fourth-order valence-electron chi connectivity index (χ4n) is 0.882. The van der Waals surface area contributed by atoms with E-state index in [4.69, 9.17) is 20.4 Å². The Balaban J connectivity index is -0.0000000759. The van der Waals surface area contributed by atoms with Gasteiger partial charge in [-0.05, 0) is 48.0 Å². The first kappa shape index (κ1) is 35.4. The average Bonchev–Trinajstić information content (AvgIpc) is 2.35. The number of aliphatic hydroxyl groups is 4. The SMILES string of the molecule is CC(=O)C=C(C)O.CC(=O)C=C(C)O.CC(=O)C=C(C)O.CCCO.[Ti]. The van der Waals surface area contributed by atoms with Gasteiger partial charge in [-0.25, -0.2) is 0 Å². The van der Waals surface area contributed by atoms with Crippen LogP contribution in [0, 0.1) is 0 Å². The van der Waals surface area contributed by atoms with E-state index in [1.807, 2.05) is 6.92 Å². The van der Waals surface area contributed by atoms with Gasteiger partial charge >= 0.3 is 0 Å². The normalized spacial score (nSPS) is 10.4. The van der Waals surface area contributed by atoms with Crippen LogP contribution in [-0.4, -0.2) is 44.4 Å². The molecule has 0 rings (SSSR count). The van der Waals surface area contributed by atoms with E-state index in [0.717, 1.165) is 6.42 Å². The molecule has 7 nitrogen and oxygen atoms in total. The standard InChI is InChI=1S/3C5H8O2.C3H8O.Ti/c3*1-4(6)3-5(2)7;1-2-3-4;/h3*3,6H,1-2H3;4H,2-3H2,1H3;. The number of aliphatic hydroxyl groups excluding tert-OH is 4. The van der Waals surface area contributed by atoms with Crippen LogP contribution < -0.4 is 0 Å². The smallest absolute Gasteiger partial charge is 0.155 e. The molecule has 0 saturated carbocycles. The van der Waals surface area contributed by atoms with Crippen LogP contribution in [0.2, 0.25) is 0 Å². The van der Waals surface area contributed by atoms with E-state index >= 15 is 0 Å². The summed E-state index contributed by atoms with van der Waals surface area (Å²) in [6.07, 6.45) is 4.38. The molecule has 0 aromatic carbocycles. The van der Waals surface area contributed by atoms with E-state index in [9.17, 15) is 14.4 Å². The fraction of sp³-hybridized carbons (Fsp3) is 0.500. The van der Waals surface area contributed by atoms with Gasteiger partial charge in [0.05, 0.1) is 17.3 Å². The second-order valence-corrected chi connectivity index (χ2v) is 4.91. The zero-order chi connectivity index (χ0) is 21.0. The average molecular weight is 408 g/mol. The molecule has 0 aliphatic rings. The quantitative estimate of drug-likeness (QED) is 0.318. The Hall–Kier alpha value is -1.70. The molecular weight excluding hydrogens is 376 g/mol. The number of ketones is 3. The summed E-state index contributed by atoms with van der Waals surface area (Å²) in [6.45, 7) is 10.8. The van der Waals surface area contributed by atoms with Crippen molar-refractivity contribution in [3.63, 3.8) is 0 Å². The summed E-state index contributed by atoms with van der Waals surface area (Å²) in [7, 11) is 0. The second-order valence-electron chi connectivity index (χ2n) is 4.91. The largest absolute Gasteiger partial charge is 0.512 e. The molecule has 0 bridgehead atoms. The van der Waals surface area contributed by atoms with Crippen LogP contribution in [0.1, 0.15) is 54.9 Å². The number of carbonyl (C=O) groups excluding carboxylic acids is 3. The van der Waals surface area contributed by atoms with Crippen molar-refractivity contribution in [2.45, 2.75) is 54.9 Å². The molecule has 0 heterocycles. The molecule has 150 valence electrons. The Bertz CT molecular complexity index is 397. The van der Waals surface area contributed by atoms with Crippen LogP contribution >= 0.6 is 0 Å². The van der Waals surface area contributed by atoms with Crippen molar-refractivity contribution in [1.29, 1.82) is 0 Å². The van der Waals surface area contributed by atoms with E-state index in [1.165, 1.54) is 59.8 Å². The third kappa shape index (κ3) is 79.2. The first-order chi connectivity index (χ1) is 11.3. The van der Waals surface area contributed by atoms with Gasteiger partial charge in [0.15, 0.2) is 17.3 Å². The van der Waals surface area contributed by atoms with Crippen molar-refractivity contribution in [2.24, 2.45) is 0 Å². The molecule has 0 fully saturated rings. The number of hydrogen-bond acceptors (Lipinski definition) is 7. The second kappa shape index (κ2) is 25.5. The van der Waals surface area contributed by atoms with E-state index < -0.39 is 0 Å². The molecule has 0 aliphatic heterocycles. The van der Waals surface area contributed by atoms with Gasteiger partial charge < -0.3 is 20.4 Å². The molecule has 0 radical (unpaired) electrons. The van der Waals surface area contributed by atoms with E-state index in [-0.39, 0.29) is 56.3 Å². The zero-order valence-electron chi connectivity index (χ0n) is 16.7. The molecule has 0 aromatic rings. The minimum atomic E-state index is -0.125. The summed E-state index contributed by atoms with van der Waals surface area (Å²) in [5.41, 5.74) is 0. The Kier molecular flexibility index (Phi) is 34.8. The first-order valence-electron chi connectivity index (χ1n) is 7.54. The molecule has 0 aromatic heterocycles. The summed E-state index contributed by atoms with van der Waals surface area (Å²) in [4.78, 5) is 30.1. The Morgan fingerprint density at radius 3 is 0.808 bits per heavy atom. The third-order valence-electron chi connectivity index (χ3n) is 1.46. The molecule has 0 aliphatic carbocycles. The molecule has 8 heteroatoms. The van der Waals surface area contributed by atoms with Crippen LogP contribution in [0.25, 0.3) is 0 Å². The third-order valence-corrected chi connectivity index (χ3v) is 1.46. The van der Waals surface area contributed by atoms with E-state index in [2.05, 4.69) is 0 Å². The zero-order valence-corrected chi connectivity index (χ0v) is 18.2. The van der Waals surface area contributed by atoms with Crippen LogP contribution in [0.4, 0.5) is 0 Å². The van der Waals surface area contributed by atoms with Gasteiger partial charge in [0.2, 0.25) is 0 Å². The fourth-order valence-corrected chi connectivity index (χ4v) is 0.882. The number of carbonyl (C=O) groups is 3. The topological polar surface area (TPSA) is 132 Å². The molecule has 0 atom stereocenters. The Morgan fingerprint density at radius 2 is 0.808 bits per heavy atom. The predicted octanol–water partition coefficient (Wildman–Crippen LogP) is 3.50. The van der Waals surface area contributed by atoms with Crippen LogP contribution in [0.5, 0.6) is 0 Å². The van der Waals surface area contributed by atoms with Gasteiger partial charge in [-0.15, -0.1) is 0 Å². The van der Waals surface area contributed by atoms with E-state index in [1.54, 1.807) is 0 Å². The van der Waals surface area contributed by atoms with Crippen LogP contribution in [0.15, 0.2) is 35.5 Å². The van der Waals surface area contributed by atoms with Gasteiger partial charge in [-0.1, -0.05) is 6.92 Å². The molecule has 0 spiro atoms. The van der Waals surface area contributed by atoms with E-state index in [0.29, 0.717) is 6.61 Å². The van der Waals surface area contributed by atoms with Crippen LogP contribution in [-0.2, 0) is 36.1 Å². The molecule has 0 unspecified atom stereocenters. The number of hydrogen-bond donors (Lipinski definition) is 4. The molecule has 4 N–H and O–H groups in total. The first-order valence-corrected chi connectivity index (χ1v) is 7.54. The van der Waals surface area contributed by atoms with Crippen LogP contribution in [0.3, 0.4) is 0 Å². The summed E-state index contributed by atoms with van der Waals surface area (Å²) in [5, 5.41) is 33.0. The van der Waals surface area contributed by atoms with Gasteiger partial charge in [-0.3, -0.25) is 14.4 Å². The summed E-state index contributed by atoms with van der Waals surface area (Å²) < 4.78 is 0. The number of allylic oxidation sites excluding steroid dienone is 6. The van der Waals surface area contributed by atoms with Crippen molar-refractivity contribution < 1.29 is 56.5 Å². The molecule has 0 saturated heterocycles. The van der Waals surface area contributed by atoms with Crippen molar-refractivity contribution >= 4 is 17.3 Å². The maximum atomic E-state index is 10.0. The Labute approximate surface area is 171 Å². The number of rotatable bonds is 4. The van der Waals surface area contributed by atoms with Crippen molar-refractivity contribution in [3.05, 3.63) is 35.5 Å². The maximum Gasteiger partial charge on any atom is 0.155 e. The van der Waals surface area contributed by atoms with Crippen molar-refractivity contribution in [1.82, 2.24) is 0 Å². The molecule has 26 heavy (non-hydrogen) atoms. The van der Waals surface area contributed by atoms with Gasteiger partial charge in [0, 0.05) is 46.6 Å². The molecular formula is C18H32O7Ti. The Morgan fingerprint density at radius 1 is 0.654 bits per heavy atom. The van der Waals surface area contributed by atoms with Crippen molar-refractivity contribution in [2.75, 3.05) is 6.61 Å². The van der Waals surface area contributed by atoms with Crippen molar-refractivity contribution in [3.8, 4) is 0 Å². The van der Waals surface area contributed by atoms with Gasteiger partial charge in [-0.2, -0.15) is 0 Å². The molecule has 0 amide bonds. The minimum absolute atomic E-state index is 0. The van der Waals surface area contributed by atoms with Gasteiger partial charge in [0.1, 0.15) is 0 Å². The summed E-state index contributed by atoms with van der Waals surface area (Å²) in [5.74, 6) is -0.187. The summed E-state index contributed by atoms with van der Waals surface area (Å²) in [6, 6.07) is 0. The monoisotopic (exact) mass is 408 g/mol. The van der Waals surface area contributed by atoms with Gasteiger partial charge in [0.25, 0.3) is 0 Å². The minimum Gasteiger partial charge on any atom is -0.512 e. The summed E-state index contributed by atoms with van der Waals surface area (Å²) >= 11 is 0. The maximum absolute atomic E-state index is 10.0. The predicted molar refractivity (Wildman–Crippen MR) is 98.6 cm³/mol.